The van der Waals surface area contributed by atoms with Gasteiger partial charge in [0.25, 0.3) is 5.91 Å². The lowest BCUT2D eigenvalue weighted by Crippen LogP contribution is -2.17. The van der Waals surface area contributed by atoms with Crippen LogP contribution in [-0.4, -0.2) is 10.9 Å². The van der Waals surface area contributed by atoms with E-state index in [4.69, 9.17) is 16.0 Å². The van der Waals surface area contributed by atoms with E-state index in [1.54, 1.807) is 29.7 Å². The SMILES string of the molecule is Cc1ccnc(NC(c2cccc(Cl)c2)c2c(NC(=O)c3ccco3)sc(C)c2C)c1. The zero-order valence-electron chi connectivity index (χ0n) is 17.4. The minimum absolute atomic E-state index is 0.259. The summed E-state index contributed by atoms with van der Waals surface area (Å²) in [7, 11) is 0. The number of aromatic nitrogens is 1. The van der Waals surface area contributed by atoms with Crippen LogP contribution in [0.15, 0.2) is 65.4 Å². The van der Waals surface area contributed by atoms with E-state index in [0.717, 1.165) is 37.9 Å². The van der Waals surface area contributed by atoms with Crippen LogP contribution in [0, 0.1) is 20.8 Å². The third-order valence-corrected chi connectivity index (χ3v) is 6.46. The summed E-state index contributed by atoms with van der Waals surface area (Å²) in [6.45, 7) is 6.13. The summed E-state index contributed by atoms with van der Waals surface area (Å²) in [5.74, 6) is 0.727. The zero-order chi connectivity index (χ0) is 22.0. The molecule has 1 unspecified atom stereocenters. The third-order valence-electron chi connectivity index (χ3n) is 5.08. The number of halogens is 1. The van der Waals surface area contributed by atoms with Crippen molar-refractivity contribution < 1.29 is 9.21 Å². The van der Waals surface area contributed by atoms with E-state index in [2.05, 4.69) is 22.5 Å². The second-order valence-electron chi connectivity index (χ2n) is 7.31. The topological polar surface area (TPSA) is 67.2 Å². The lowest BCUT2D eigenvalue weighted by atomic mass is 9.96. The average Bonchev–Trinajstić information content (AvgIpc) is 3.36. The van der Waals surface area contributed by atoms with E-state index in [1.165, 1.54) is 6.26 Å². The van der Waals surface area contributed by atoms with Gasteiger partial charge in [0.15, 0.2) is 5.76 Å². The number of anilines is 2. The van der Waals surface area contributed by atoms with Crippen LogP contribution in [0.3, 0.4) is 0 Å². The van der Waals surface area contributed by atoms with E-state index < -0.39 is 0 Å². The molecular weight excluding hydrogens is 430 g/mol. The van der Waals surface area contributed by atoms with Gasteiger partial charge >= 0.3 is 0 Å². The van der Waals surface area contributed by atoms with E-state index in [1.807, 2.05) is 50.2 Å². The van der Waals surface area contributed by atoms with Crippen LogP contribution in [0.5, 0.6) is 0 Å². The van der Waals surface area contributed by atoms with Gasteiger partial charge in [0.05, 0.1) is 12.3 Å². The van der Waals surface area contributed by atoms with Crippen LogP contribution < -0.4 is 10.6 Å². The monoisotopic (exact) mass is 451 g/mol. The number of benzene rings is 1. The first-order valence-electron chi connectivity index (χ1n) is 9.82. The highest BCUT2D eigenvalue weighted by atomic mass is 35.5. The molecule has 3 heterocycles. The highest BCUT2D eigenvalue weighted by molar-refractivity contribution is 7.16. The smallest absolute Gasteiger partial charge is 0.291 e. The molecule has 1 aromatic carbocycles. The molecule has 0 bridgehead atoms. The Morgan fingerprint density at radius 3 is 2.68 bits per heavy atom. The van der Waals surface area contributed by atoms with Gasteiger partial charge in [-0.3, -0.25) is 4.79 Å². The number of pyridine rings is 1. The Kier molecular flexibility index (Phi) is 6.11. The van der Waals surface area contributed by atoms with Crippen molar-refractivity contribution in [1.29, 1.82) is 0 Å². The summed E-state index contributed by atoms with van der Waals surface area (Å²) in [6, 6.07) is 14.7. The van der Waals surface area contributed by atoms with Gasteiger partial charge in [0.1, 0.15) is 10.8 Å². The fourth-order valence-corrected chi connectivity index (χ4v) is 4.72. The van der Waals surface area contributed by atoms with Crippen LogP contribution in [0.2, 0.25) is 5.02 Å². The number of amides is 1. The van der Waals surface area contributed by atoms with Gasteiger partial charge in [0.2, 0.25) is 0 Å². The van der Waals surface area contributed by atoms with Crippen molar-refractivity contribution in [1.82, 2.24) is 4.98 Å². The second-order valence-corrected chi connectivity index (χ2v) is 8.97. The average molecular weight is 452 g/mol. The third kappa shape index (κ3) is 4.65. The van der Waals surface area contributed by atoms with Gasteiger partial charge in [-0.05, 0) is 73.9 Å². The van der Waals surface area contributed by atoms with Crippen molar-refractivity contribution in [2.24, 2.45) is 0 Å². The Bertz CT molecular complexity index is 1220. The first-order chi connectivity index (χ1) is 14.9. The molecule has 0 radical (unpaired) electrons. The molecule has 3 aromatic heterocycles. The van der Waals surface area contributed by atoms with Gasteiger partial charge in [-0.2, -0.15) is 0 Å². The van der Waals surface area contributed by atoms with E-state index in [0.29, 0.717) is 5.02 Å². The molecule has 5 nitrogen and oxygen atoms in total. The first-order valence-corrected chi connectivity index (χ1v) is 11.0. The summed E-state index contributed by atoms with van der Waals surface area (Å²) in [4.78, 5) is 18.3. The molecule has 158 valence electrons. The van der Waals surface area contributed by atoms with Crippen molar-refractivity contribution in [3.8, 4) is 0 Å². The summed E-state index contributed by atoms with van der Waals surface area (Å²) in [6.07, 6.45) is 3.26. The molecule has 0 saturated heterocycles. The molecule has 1 atom stereocenters. The fraction of sp³-hybridized carbons (Fsp3) is 0.167. The van der Waals surface area contributed by atoms with E-state index in [9.17, 15) is 4.79 Å². The molecular formula is C24H22ClN3O2S. The van der Waals surface area contributed by atoms with Crippen LogP contribution in [0.25, 0.3) is 0 Å². The molecule has 31 heavy (non-hydrogen) atoms. The second kappa shape index (κ2) is 8.96. The quantitative estimate of drug-likeness (QED) is 0.339. The Morgan fingerprint density at radius 2 is 1.97 bits per heavy atom. The van der Waals surface area contributed by atoms with Crippen molar-refractivity contribution in [2.75, 3.05) is 10.6 Å². The van der Waals surface area contributed by atoms with Gasteiger partial charge in [0, 0.05) is 21.7 Å². The van der Waals surface area contributed by atoms with Gasteiger partial charge in [-0.1, -0.05) is 23.7 Å². The van der Waals surface area contributed by atoms with Crippen molar-refractivity contribution in [3.63, 3.8) is 0 Å². The van der Waals surface area contributed by atoms with Crippen LogP contribution >= 0.6 is 22.9 Å². The number of aryl methyl sites for hydroxylation is 2. The van der Waals surface area contributed by atoms with Crippen LogP contribution in [0.1, 0.15) is 43.7 Å². The molecule has 2 N–H and O–H groups in total. The number of hydrogen-bond acceptors (Lipinski definition) is 5. The summed E-state index contributed by atoms with van der Waals surface area (Å²) in [5.41, 5.74) is 4.16. The Labute approximate surface area is 190 Å². The van der Waals surface area contributed by atoms with Gasteiger partial charge < -0.3 is 15.1 Å². The molecule has 4 rings (SSSR count). The molecule has 0 aliphatic carbocycles. The molecule has 4 aromatic rings. The first kappa shape index (κ1) is 21.2. The maximum absolute atomic E-state index is 12.7. The maximum atomic E-state index is 12.7. The summed E-state index contributed by atoms with van der Waals surface area (Å²) < 4.78 is 5.26. The predicted octanol–water partition coefficient (Wildman–Crippen LogP) is 6.77. The standard InChI is InChI=1S/C24H22ClN3O2S/c1-14-9-10-26-20(12-14)27-22(17-6-4-7-18(25)13-17)21-15(2)16(3)31-24(21)28-23(29)19-8-5-11-30-19/h4-13,22H,1-3H3,(H,26,27)(H,28,29). The van der Waals surface area contributed by atoms with Gasteiger partial charge in [-0.15, -0.1) is 11.3 Å². The maximum Gasteiger partial charge on any atom is 0.291 e. The van der Waals surface area contributed by atoms with Crippen LogP contribution in [0.4, 0.5) is 10.8 Å². The molecule has 0 saturated carbocycles. The highest BCUT2D eigenvalue weighted by Gasteiger charge is 2.26. The van der Waals surface area contributed by atoms with Gasteiger partial charge in [-0.25, -0.2) is 4.98 Å². The summed E-state index contributed by atoms with van der Waals surface area (Å²) in [5, 5.41) is 7.98. The number of thiophene rings is 1. The number of carbonyl (C=O) groups is 1. The number of hydrogen-bond donors (Lipinski definition) is 2. The number of furan rings is 1. The van der Waals surface area contributed by atoms with Crippen molar-refractivity contribution >= 4 is 39.7 Å². The minimum Gasteiger partial charge on any atom is -0.459 e. The predicted molar refractivity (Wildman–Crippen MR) is 126 cm³/mol. The van der Waals surface area contributed by atoms with E-state index >= 15 is 0 Å². The number of nitrogens with one attached hydrogen (secondary N) is 2. The molecule has 7 heteroatoms. The molecule has 1 amide bonds. The fourth-order valence-electron chi connectivity index (χ4n) is 3.43. The Hall–Kier alpha value is -3.09. The van der Waals surface area contributed by atoms with Crippen molar-refractivity contribution in [3.05, 3.63) is 98.9 Å². The highest BCUT2D eigenvalue weighted by Crippen LogP contribution is 2.41. The lowest BCUT2D eigenvalue weighted by molar-refractivity contribution is 0.0997. The normalized spacial score (nSPS) is 11.9. The lowest BCUT2D eigenvalue weighted by Gasteiger charge is -2.22. The largest absolute Gasteiger partial charge is 0.459 e. The van der Waals surface area contributed by atoms with Crippen LogP contribution in [-0.2, 0) is 0 Å². The van der Waals surface area contributed by atoms with Crippen molar-refractivity contribution in [2.45, 2.75) is 26.8 Å². The minimum atomic E-state index is -0.286. The number of carbonyl (C=O) groups excluding carboxylic acids is 1. The molecule has 0 fully saturated rings. The molecule has 0 aliphatic rings. The summed E-state index contributed by atoms with van der Waals surface area (Å²) >= 11 is 7.86. The van der Waals surface area contributed by atoms with E-state index in [-0.39, 0.29) is 17.7 Å². The Morgan fingerprint density at radius 1 is 1.13 bits per heavy atom. The molecule has 0 aliphatic heterocycles. The Balaban J connectivity index is 1.79. The number of nitrogens with zero attached hydrogens (tertiary/aromatic N) is 1. The molecule has 0 spiro atoms. The number of rotatable bonds is 6. The zero-order valence-corrected chi connectivity index (χ0v) is 19.0.